The summed E-state index contributed by atoms with van der Waals surface area (Å²) in [5, 5.41) is 4.12. The third kappa shape index (κ3) is 4.99. The standard InChI is InChI=1S/C13H22N2S/c1-4-11(2)16-10-13(14-3)9-12-7-5-6-8-15-12/h5-8,11,13-14H,4,9-10H2,1-3H3. The molecule has 0 aliphatic carbocycles. The molecule has 16 heavy (non-hydrogen) atoms. The Morgan fingerprint density at radius 3 is 2.81 bits per heavy atom. The third-order valence-corrected chi connectivity index (χ3v) is 4.24. The monoisotopic (exact) mass is 238 g/mol. The first-order valence-corrected chi connectivity index (χ1v) is 7.00. The van der Waals surface area contributed by atoms with Crippen molar-refractivity contribution < 1.29 is 0 Å². The highest BCUT2D eigenvalue weighted by Gasteiger charge is 2.09. The topological polar surface area (TPSA) is 24.9 Å². The SMILES string of the molecule is CCC(C)SCC(Cc1ccccn1)NC. The maximum Gasteiger partial charge on any atom is 0.0419 e. The van der Waals surface area contributed by atoms with E-state index >= 15 is 0 Å². The van der Waals surface area contributed by atoms with Crippen molar-refractivity contribution in [3.63, 3.8) is 0 Å². The Morgan fingerprint density at radius 2 is 2.25 bits per heavy atom. The van der Waals surface area contributed by atoms with Crippen LogP contribution < -0.4 is 5.32 Å². The van der Waals surface area contributed by atoms with Crippen molar-refractivity contribution >= 4 is 11.8 Å². The van der Waals surface area contributed by atoms with Crippen LogP contribution in [-0.4, -0.2) is 29.1 Å². The van der Waals surface area contributed by atoms with Gasteiger partial charge in [-0.05, 0) is 25.6 Å². The van der Waals surface area contributed by atoms with Crippen molar-refractivity contribution in [1.82, 2.24) is 10.3 Å². The van der Waals surface area contributed by atoms with Gasteiger partial charge in [0.1, 0.15) is 0 Å². The van der Waals surface area contributed by atoms with Crippen LogP contribution in [0.3, 0.4) is 0 Å². The number of hydrogen-bond donors (Lipinski definition) is 1. The molecule has 0 spiro atoms. The summed E-state index contributed by atoms with van der Waals surface area (Å²) in [4.78, 5) is 4.36. The van der Waals surface area contributed by atoms with Crippen LogP contribution in [0.4, 0.5) is 0 Å². The van der Waals surface area contributed by atoms with Crippen LogP contribution in [0, 0.1) is 0 Å². The van der Waals surface area contributed by atoms with E-state index in [1.807, 2.05) is 31.1 Å². The molecule has 0 radical (unpaired) electrons. The molecule has 1 aromatic rings. The maximum atomic E-state index is 4.36. The number of nitrogens with one attached hydrogen (secondary N) is 1. The molecule has 3 heteroatoms. The molecule has 1 aromatic heterocycles. The zero-order chi connectivity index (χ0) is 11.8. The molecule has 2 nitrogen and oxygen atoms in total. The van der Waals surface area contributed by atoms with E-state index in [0.29, 0.717) is 6.04 Å². The third-order valence-electron chi connectivity index (χ3n) is 2.75. The lowest BCUT2D eigenvalue weighted by atomic mass is 10.2. The normalized spacial score (nSPS) is 14.7. The fraction of sp³-hybridized carbons (Fsp3) is 0.615. The summed E-state index contributed by atoms with van der Waals surface area (Å²) in [6.45, 7) is 4.53. The molecule has 1 N–H and O–H groups in total. The van der Waals surface area contributed by atoms with Crippen molar-refractivity contribution in [1.29, 1.82) is 0 Å². The smallest absolute Gasteiger partial charge is 0.0419 e. The van der Waals surface area contributed by atoms with Gasteiger partial charge in [0.25, 0.3) is 0 Å². The summed E-state index contributed by atoms with van der Waals surface area (Å²) in [5.41, 5.74) is 1.17. The zero-order valence-corrected chi connectivity index (χ0v) is 11.3. The molecule has 0 amide bonds. The van der Waals surface area contributed by atoms with Crippen LogP contribution in [0.5, 0.6) is 0 Å². The molecule has 0 aromatic carbocycles. The van der Waals surface area contributed by atoms with Crippen molar-refractivity contribution in [2.75, 3.05) is 12.8 Å². The molecule has 0 bridgehead atoms. The Kier molecular flexibility index (Phi) is 6.50. The molecule has 0 fully saturated rings. The molecular weight excluding hydrogens is 216 g/mol. The van der Waals surface area contributed by atoms with Gasteiger partial charge in [0, 0.05) is 35.4 Å². The van der Waals surface area contributed by atoms with Gasteiger partial charge in [-0.15, -0.1) is 0 Å². The van der Waals surface area contributed by atoms with Crippen LogP contribution in [0.15, 0.2) is 24.4 Å². The van der Waals surface area contributed by atoms with E-state index in [1.165, 1.54) is 12.1 Å². The van der Waals surface area contributed by atoms with Crippen LogP contribution in [-0.2, 0) is 6.42 Å². The average Bonchev–Trinajstić information content (AvgIpc) is 2.35. The molecule has 0 saturated heterocycles. The van der Waals surface area contributed by atoms with Crippen LogP contribution >= 0.6 is 11.8 Å². The van der Waals surface area contributed by atoms with E-state index in [-0.39, 0.29) is 0 Å². The summed E-state index contributed by atoms with van der Waals surface area (Å²) in [6.07, 6.45) is 4.12. The molecule has 0 aliphatic rings. The molecule has 2 unspecified atom stereocenters. The van der Waals surface area contributed by atoms with Gasteiger partial charge >= 0.3 is 0 Å². The van der Waals surface area contributed by atoms with Gasteiger partial charge in [-0.1, -0.05) is 19.9 Å². The second-order valence-electron chi connectivity index (χ2n) is 4.06. The number of likely N-dealkylation sites (N-methyl/N-ethyl adjacent to an activating group) is 1. The molecule has 1 heterocycles. The summed E-state index contributed by atoms with van der Waals surface area (Å²) < 4.78 is 0. The Labute approximate surface area is 103 Å². The first-order valence-electron chi connectivity index (χ1n) is 5.95. The molecule has 0 aliphatic heterocycles. The number of rotatable bonds is 7. The number of pyridine rings is 1. The first-order chi connectivity index (χ1) is 7.76. The quantitative estimate of drug-likeness (QED) is 0.790. The molecule has 0 saturated carbocycles. The van der Waals surface area contributed by atoms with Crippen molar-refractivity contribution in [2.45, 2.75) is 38.0 Å². The van der Waals surface area contributed by atoms with E-state index in [2.05, 4.69) is 36.3 Å². The van der Waals surface area contributed by atoms with Gasteiger partial charge in [0.05, 0.1) is 0 Å². The number of thioether (sulfide) groups is 1. The predicted molar refractivity (Wildman–Crippen MR) is 73.0 cm³/mol. The van der Waals surface area contributed by atoms with Gasteiger partial charge in [-0.3, -0.25) is 4.98 Å². The van der Waals surface area contributed by atoms with E-state index in [4.69, 9.17) is 0 Å². The minimum absolute atomic E-state index is 0.522. The van der Waals surface area contributed by atoms with Crippen molar-refractivity contribution in [2.24, 2.45) is 0 Å². The number of nitrogens with zero attached hydrogens (tertiary/aromatic N) is 1. The minimum Gasteiger partial charge on any atom is -0.316 e. The van der Waals surface area contributed by atoms with Gasteiger partial charge in [0.15, 0.2) is 0 Å². The highest BCUT2D eigenvalue weighted by Crippen LogP contribution is 2.15. The Morgan fingerprint density at radius 1 is 1.44 bits per heavy atom. The minimum atomic E-state index is 0.522. The Hall–Kier alpha value is -0.540. The molecule has 2 atom stereocenters. The average molecular weight is 238 g/mol. The lowest BCUT2D eigenvalue weighted by Gasteiger charge is -2.17. The van der Waals surface area contributed by atoms with Crippen LogP contribution in [0.2, 0.25) is 0 Å². The second-order valence-corrected chi connectivity index (χ2v) is 5.53. The van der Waals surface area contributed by atoms with Gasteiger partial charge in [-0.2, -0.15) is 11.8 Å². The highest BCUT2D eigenvalue weighted by atomic mass is 32.2. The van der Waals surface area contributed by atoms with Gasteiger partial charge in [0.2, 0.25) is 0 Å². The van der Waals surface area contributed by atoms with Gasteiger partial charge in [-0.25, -0.2) is 0 Å². The summed E-state index contributed by atoms with van der Waals surface area (Å²) >= 11 is 2.04. The lowest BCUT2D eigenvalue weighted by Crippen LogP contribution is -2.31. The molecule has 90 valence electrons. The van der Waals surface area contributed by atoms with E-state index in [1.54, 1.807) is 0 Å². The van der Waals surface area contributed by atoms with Crippen LogP contribution in [0.1, 0.15) is 26.0 Å². The maximum absolute atomic E-state index is 4.36. The summed E-state index contributed by atoms with van der Waals surface area (Å²) in [7, 11) is 2.03. The highest BCUT2D eigenvalue weighted by molar-refractivity contribution is 7.99. The van der Waals surface area contributed by atoms with E-state index in [9.17, 15) is 0 Å². The zero-order valence-electron chi connectivity index (χ0n) is 10.4. The summed E-state index contributed by atoms with van der Waals surface area (Å²) in [6, 6.07) is 6.63. The Bertz CT molecular complexity index is 277. The summed E-state index contributed by atoms with van der Waals surface area (Å²) in [5.74, 6) is 1.15. The lowest BCUT2D eigenvalue weighted by molar-refractivity contribution is 0.608. The Balaban J connectivity index is 2.37. The second kappa shape index (κ2) is 7.69. The first kappa shape index (κ1) is 13.5. The van der Waals surface area contributed by atoms with Crippen molar-refractivity contribution in [3.05, 3.63) is 30.1 Å². The fourth-order valence-electron chi connectivity index (χ4n) is 1.41. The van der Waals surface area contributed by atoms with Gasteiger partial charge < -0.3 is 5.32 Å². The van der Waals surface area contributed by atoms with E-state index in [0.717, 1.165) is 17.4 Å². The molecular formula is C13H22N2S. The van der Waals surface area contributed by atoms with Crippen LogP contribution in [0.25, 0.3) is 0 Å². The molecule has 1 rings (SSSR count). The number of hydrogen-bond acceptors (Lipinski definition) is 3. The number of aromatic nitrogens is 1. The van der Waals surface area contributed by atoms with E-state index < -0.39 is 0 Å². The van der Waals surface area contributed by atoms with Crippen molar-refractivity contribution in [3.8, 4) is 0 Å². The fourth-order valence-corrected chi connectivity index (χ4v) is 2.49. The predicted octanol–water partition coefficient (Wildman–Crippen LogP) is 2.74. The largest absolute Gasteiger partial charge is 0.316 e.